The molecule has 3 unspecified atom stereocenters. The van der Waals surface area contributed by atoms with Crippen LogP contribution in [0.25, 0.3) is 0 Å². The van der Waals surface area contributed by atoms with Gasteiger partial charge in [-0.3, -0.25) is 0 Å². The fraction of sp³-hybridized carbons (Fsp3) is 0.917. The molecule has 0 fully saturated rings. The molecule has 0 heterocycles. The standard InChI is InChI=1S/C12H25.3C8H16O2.Sn/c1-3-5-7-9-11-12-10-8-6-4-2;3*1-3-5-6-7(4-2)8(9)10;/h1,3-12H2,2H3;3*7H,3-6H2,1-2H3,(H,9,10);/q;;;;+3/p-3. The minimum atomic E-state index is -0.893. The van der Waals surface area contributed by atoms with Crippen LogP contribution in [-0.2, 0) is 14.4 Å². The molecule has 0 rings (SSSR count). The summed E-state index contributed by atoms with van der Waals surface area (Å²) in [5, 5.41) is 31.0. The molecule has 43 heavy (non-hydrogen) atoms. The molecule has 0 aliphatic heterocycles. The number of rotatable bonds is 25. The van der Waals surface area contributed by atoms with E-state index in [0.717, 1.165) is 57.8 Å². The summed E-state index contributed by atoms with van der Waals surface area (Å²) < 4.78 is 1.46. The summed E-state index contributed by atoms with van der Waals surface area (Å²) in [5.41, 5.74) is 0. The van der Waals surface area contributed by atoms with Crippen molar-refractivity contribution in [1.29, 1.82) is 0 Å². The van der Waals surface area contributed by atoms with E-state index in [1.165, 1.54) is 68.6 Å². The summed E-state index contributed by atoms with van der Waals surface area (Å²) in [5.74, 6) is -3.34. The Kier molecular flexibility index (Phi) is 47.1. The predicted octanol–water partition coefficient (Wildman–Crippen LogP) is 7.35. The molecule has 7 heteroatoms. The van der Waals surface area contributed by atoms with Crippen LogP contribution in [0.3, 0.4) is 0 Å². The van der Waals surface area contributed by atoms with Crippen molar-refractivity contribution in [3.8, 4) is 0 Å². The molecule has 0 bridgehead atoms. The topological polar surface area (TPSA) is 120 Å². The van der Waals surface area contributed by atoms with E-state index in [9.17, 15) is 29.7 Å². The molecule has 0 saturated carbocycles. The maximum atomic E-state index is 10.3. The summed E-state index contributed by atoms with van der Waals surface area (Å²) in [6.07, 6.45) is 25.2. The molecule has 0 aromatic carbocycles. The number of hydrogen-bond acceptors (Lipinski definition) is 6. The van der Waals surface area contributed by atoms with Gasteiger partial charge in [0, 0.05) is 17.9 Å². The molecule has 6 nitrogen and oxygen atoms in total. The second-order valence-corrected chi connectivity index (χ2v) is 13.1. The number of carbonyl (C=O) groups excluding carboxylic acids is 3. The summed E-state index contributed by atoms with van der Waals surface area (Å²) in [6.45, 7) is 14.1. The molecule has 0 spiro atoms. The first kappa shape index (κ1) is 49.1. The minimum absolute atomic E-state index is 0.222. The van der Waals surface area contributed by atoms with E-state index in [0.29, 0.717) is 19.3 Å². The van der Waals surface area contributed by atoms with Crippen molar-refractivity contribution >= 4 is 40.4 Å². The number of carboxylic acid groups (broad SMARTS) is 3. The van der Waals surface area contributed by atoms with Gasteiger partial charge in [-0.15, -0.1) is 0 Å². The van der Waals surface area contributed by atoms with Gasteiger partial charge in [-0.25, -0.2) is 0 Å². The van der Waals surface area contributed by atoms with Crippen molar-refractivity contribution in [1.82, 2.24) is 0 Å². The Morgan fingerprint density at radius 3 is 0.837 bits per heavy atom. The van der Waals surface area contributed by atoms with Crippen molar-refractivity contribution in [3.63, 3.8) is 0 Å². The van der Waals surface area contributed by atoms with Gasteiger partial charge in [-0.1, -0.05) is 80.1 Å². The van der Waals surface area contributed by atoms with Gasteiger partial charge in [0.25, 0.3) is 0 Å². The zero-order chi connectivity index (χ0) is 33.7. The van der Waals surface area contributed by atoms with E-state index in [2.05, 4.69) is 27.7 Å². The number of carboxylic acids is 3. The predicted molar refractivity (Wildman–Crippen MR) is 177 cm³/mol. The van der Waals surface area contributed by atoms with Gasteiger partial charge in [0.15, 0.2) is 0 Å². The van der Waals surface area contributed by atoms with E-state index >= 15 is 0 Å². The Morgan fingerprint density at radius 2 is 0.651 bits per heavy atom. The summed E-state index contributed by atoms with van der Waals surface area (Å²) in [7, 11) is 0. The molecule has 0 saturated heterocycles. The van der Waals surface area contributed by atoms with Crippen LogP contribution in [0.15, 0.2) is 0 Å². The van der Waals surface area contributed by atoms with Crippen LogP contribution in [0.4, 0.5) is 0 Å². The van der Waals surface area contributed by atoms with Crippen LogP contribution < -0.4 is 15.3 Å². The third kappa shape index (κ3) is 41.2. The molecule has 0 aromatic rings. The maximum absolute atomic E-state index is 10.3. The Hall–Kier alpha value is -0.791. The molecule has 0 amide bonds. The Morgan fingerprint density at radius 1 is 0.419 bits per heavy atom. The monoisotopic (exact) mass is 718 g/mol. The van der Waals surface area contributed by atoms with Crippen LogP contribution >= 0.6 is 0 Å². The van der Waals surface area contributed by atoms with E-state index in [1.54, 1.807) is 22.5 Å². The van der Waals surface area contributed by atoms with Gasteiger partial charge >= 0.3 is 98.1 Å². The second kappa shape index (κ2) is 41.2. The number of unbranched alkanes of at least 4 members (excludes halogenated alkanes) is 12. The Labute approximate surface area is 281 Å². The molecule has 254 valence electrons. The summed E-state index contributed by atoms with van der Waals surface area (Å²) in [6, 6.07) is 0. The van der Waals surface area contributed by atoms with Gasteiger partial charge in [0.2, 0.25) is 0 Å². The van der Waals surface area contributed by atoms with Gasteiger partial charge in [-0.05, 0) is 56.3 Å². The van der Waals surface area contributed by atoms with Crippen LogP contribution in [-0.4, -0.2) is 40.4 Å². The van der Waals surface area contributed by atoms with E-state index in [-0.39, 0.29) is 17.8 Å². The molecule has 0 aliphatic rings. The number of aliphatic carboxylic acids is 3. The third-order valence-corrected chi connectivity index (χ3v) is 8.74. The van der Waals surface area contributed by atoms with Crippen molar-refractivity contribution in [2.24, 2.45) is 17.8 Å². The zero-order valence-electron chi connectivity index (χ0n) is 29.4. The SMILES string of the molecule is CCCCC(CC)C(=O)[O-].CCCCC(CC)C(=O)[O-].CCCCC(CC)C(=O)[O-].CCCCCCCCCCC[CH2][Sn+3]. The van der Waals surface area contributed by atoms with Gasteiger partial charge in [0.1, 0.15) is 0 Å². The summed E-state index contributed by atoms with van der Waals surface area (Å²) in [4.78, 5) is 31.0. The molecule has 0 radical (unpaired) electrons. The Balaban J connectivity index is -0.000000238. The van der Waals surface area contributed by atoms with Crippen molar-refractivity contribution in [2.75, 3.05) is 0 Å². The quantitative estimate of drug-likeness (QED) is 0.0720. The van der Waals surface area contributed by atoms with Crippen LogP contribution in [0, 0.1) is 17.8 Å². The first-order valence-corrected chi connectivity index (χ1v) is 19.9. The Bertz CT molecular complexity index is 512. The molecule has 0 aliphatic carbocycles. The number of carbonyl (C=O) groups is 3. The average Bonchev–Trinajstić information content (AvgIpc) is 2.98. The van der Waals surface area contributed by atoms with E-state index in [1.807, 2.05) is 20.8 Å². The van der Waals surface area contributed by atoms with E-state index < -0.39 is 17.9 Å². The summed E-state index contributed by atoms with van der Waals surface area (Å²) >= 11 is 1.72. The van der Waals surface area contributed by atoms with Gasteiger partial charge < -0.3 is 29.7 Å². The molecular weight excluding hydrogens is 647 g/mol. The first-order chi connectivity index (χ1) is 20.6. The van der Waals surface area contributed by atoms with Crippen molar-refractivity contribution in [2.45, 2.75) is 194 Å². The first-order valence-electron chi connectivity index (χ1n) is 17.8. The van der Waals surface area contributed by atoms with Crippen LogP contribution in [0.1, 0.15) is 190 Å². The fourth-order valence-electron chi connectivity index (χ4n) is 4.43. The van der Waals surface area contributed by atoms with Gasteiger partial charge in [-0.2, -0.15) is 0 Å². The zero-order valence-corrected chi connectivity index (χ0v) is 32.3. The molecular formula is C36H70O6Sn. The normalized spacial score (nSPS) is 12.3. The molecule has 0 N–H and O–H groups in total. The van der Waals surface area contributed by atoms with Crippen LogP contribution in [0.5, 0.6) is 0 Å². The number of hydrogen-bond donors (Lipinski definition) is 0. The third-order valence-electron chi connectivity index (χ3n) is 7.73. The molecule has 0 aromatic heterocycles. The van der Waals surface area contributed by atoms with Crippen LogP contribution in [0.2, 0.25) is 4.44 Å². The van der Waals surface area contributed by atoms with Crippen molar-refractivity contribution < 1.29 is 29.7 Å². The average molecular weight is 718 g/mol. The fourth-order valence-corrected chi connectivity index (χ4v) is 5.14. The molecule has 3 atom stereocenters. The van der Waals surface area contributed by atoms with Crippen molar-refractivity contribution in [3.05, 3.63) is 0 Å². The van der Waals surface area contributed by atoms with Gasteiger partial charge in [0.05, 0.1) is 0 Å². The van der Waals surface area contributed by atoms with E-state index in [4.69, 9.17) is 0 Å². The second-order valence-electron chi connectivity index (χ2n) is 11.6.